The zero-order valence-corrected chi connectivity index (χ0v) is 30.5. The highest BCUT2D eigenvalue weighted by Gasteiger charge is 2.27. The molecular weight excluding hydrogens is 653 g/mol. The standard InChI is InChI=1S/C52H42N2/c1-5-24-37(6-2)53(38-25-12-9-13-26-38)52-47-35-22-19-32-44(47)50(45-33-20-23-36-48(45)52)49-41(7-3)42(8-4)51(46-34-21-18-31-43(46)49)54(39-27-14-10-15-28-39)40-29-16-11-17-30-40/h5-19,21-22,24-36H,1-4,20,23H2/b37-24+. The van der Waals surface area contributed by atoms with Crippen molar-refractivity contribution in [2.24, 2.45) is 0 Å². The lowest BCUT2D eigenvalue weighted by Crippen LogP contribution is -2.35. The fourth-order valence-corrected chi connectivity index (χ4v) is 8.13. The second kappa shape index (κ2) is 15.0. The summed E-state index contributed by atoms with van der Waals surface area (Å²) < 4.78 is 0. The van der Waals surface area contributed by atoms with Gasteiger partial charge < -0.3 is 9.80 Å². The maximum atomic E-state index is 4.49. The van der Waals surface area contributed by atoms with Crippen LogP contribution >= 0.6 is 0 Å². The first-order valence-electron chi connectivity index (χ1n) is 18.5. The Labute approximate surface area is 318 Å². The van der Waals surface area contributed by atoms with Gasteiger partial charge in [0.2, 0.25) is 0 Å². The summed E-state index contributed by atoms with van der Waals surface area (Å²) in [7, 11) is 0. The van der Waals surface area contributed by atoms with Gasteiger partial charge in [0, 0.05) is 44.3 Å². The van der Waals surface area contributed by atoms with Crippen LogP contribution in [0.4, 0.5) is 28.4 Å². The van der Waals surface area contributed by atoms with Crippen molar-refractivity contribution in [3.05, 3.63) is 211 Å². The Morgan fingerprint density at radius 2 is 0.926 bits per heavy atom. The van der Waals surface area contributed by atoms with Gasteiger partial charge in [0.15, 0.2) is 0 Å². The van der Waals surface area contributed by atoms with Gasteiger partial charge in [-0.25, -0.2) is 0 Å². The maximum Gasteiger partial charge on any atom is 0.0618 e. The molecule has 0 N–H and O–H groups in total. The van der Waals surface area contributed by atoms with Crippen LogP contribution in [-0.2, 0) is 0 Å². The molecule has 54 heavy (non-hydrogen) atoms. The van der Waals surface area contributed by atoms with Crippen LogP contribution in [0.25, 0.3) is 57.0 Å². The zero-order chi connectivity index (χ0) is 37.0. The Morgan fingerprint density at radius 1 is 0.463 bits per heavy atom. The lowest BCUT2D eigenvalue weighted by molar-refractivity contribution is 1.11. The third-order valence-electron chi connectivity index (χ3n) is 10.3. The minimum Gasteiger partial charge on any atom is -0.309 e. The van der Waals surface area contributed by atoms with E-state index in [9.17, 15) is 0 Å². The van der Waals surface area contributed by atoms with Crippen molar-refractivity contribution < 1.29 is 0 Å². The molecule has 0 spiro atoms. The second-order valence-corrected chi connectivity index (χ2v) is 13.3. The van der Waals surface area contributed by atoms with Crippen LogP contribution in [0.2, 0.25) is 0 Å². The molecule has 0 radical (unpaired) electrons. The topological polar surface area (TPSA) is 6.48 Å². The molecular formula is C52H42N2. The number of nitrogens with zero attached hydrogens (tertiary/aromatic N) is 2. The predicted molar refractivity (Wildman–Crippen MR) is 236 cm³/mol. The van der Waals surface area contributed by atoms with Crippen molar-refractivity contribution in [2.45, 2.75) is 12.8 Å². The van der Waals surface area contributed by atoms with E-state index in [1.54, 1.807) is 0 Å². The molecule has 260 valence electrons. The SMILES string of the molecule is C=C/C=C(\C=C)N(c1ccccc1)c1c2c(c(-c3c(C=C)c(C=C)c(N(c4ccccc4)c4ccccc4)c4ccccc34)c3ccccc13)=CCCC=2. The monoisotopic (exact) mass is 694 g/mol. The molecule has 1 aliphatic rings. The maximum absolute atomic E-state index is 4.49. The smallest absolute Gasteiger partial charge is 0.0618 e. The average Bonchev–Trinajstić information content (AvgIpc) is 3.24. The Bertz CT molecular complexity index is 2680. The number of allylic oxidation sites excluding steroid dienone is 3. The van der Waals surface area contributed by atoms with E-state index in [0.29, 0.717) is 0 Å². The molecule has 0 atom stereocenters. The predicted octanol–water partition coefficient (Wildman–Crippen LogP) is 13.2. The van der Waals surface area contributed by atoms with Gasteiger partial charge in [0.25, 0.3) is 0 Å². The normalized spacial score (nSPS) is 12.3. The van der Waals surface area contributed by atoms with Gasteiger partial charge in [-0.05, 0) is 94.1 Å². The average molecular weight is 695 g/mol. The largest absolute Gasteiger partial charge is 0.309 e. The molecule has 7 aromatic carbocycles. The molecule has 1 aliphatic carbocycles. The van der Waals surface area contributed by atoms with Crippen LogP contribution in [0.15, 0.2) is 190 Å². The Hall–Kier alpha value is -6.90. The van der Waals surface area contributed by atoms with Crippen molar-refractivity contribution in [3.8, 4) is 11.1 Å². The van der Waals surface area contributed by atoms with Gasteiger partial charge >= 0.3 is 0 Å². The van der Waals surface area contributed by atoms with Gasteiger partial charge in [0.1, 0.15) is 0 Å². The van der Waals surface area contributed by atoms with E-state index in [1.165, 1.54) is 21.4 Å². The molecule has 0 aliphatic heterocycles. The zero-order valence-electron chi connectivity index (χ0n) is 30.5. The number of anilines is 5. The van der Waals surface area contributed by atoms with Gasteiger partial charge in [-0.2, -0.15) is 0 Å². The van der Waals surface area contributed by atoms with E-state index in [4.69, 9.17) is 0 Å². The first-order valence-corrected chi connectivity index (χ1v) is 18.5. The first-order chi connectivity index (χ1) is 26.7. The number of para-hydroxylation sites is 3. The van der Waals surface area contributed by atoms with E-state index in [0.717, 1.165) is 79.8 Å². The van der Waals surface area contributed by atoms with E-state index in [1.807, 2.05) is 30.4 Å². The number of benzene rings is 7. The molecule has 0 unspecified atom stereocenters. The van der Waals surface area contributed by atoms with E-state index in [-0.39, 0.29) is 0 Å². The fraction of sp³-hybridized carbons (Fsp3) is 0.0385. The summed E-state index contributed by atoms with van der Waals surface area (Å²) in [5, 5.41) is 7.03. The minimum absolute atomic E-state index is 0.948. The van der Waals surface area contributed by atoms with Gasteiger partial charge in [-0.1, -0.05) is 160 Å². The summed E-state index contributed by atoms with van der Waals surface area (Å²) in [6.45, 7) is 17.3. The van der Waals surface area contributed by atoms with Crippen molar-refractivity contribution in [3.63, 3.8) is 0 Å². The number of rotatable bonds is 11. The quantitative estimate of drug-likeness (QED) is 0.124. The van der Waals surface area contributed by atoms with Crippen molar-refractivity contribution in [1.82, 2.24) is 0 Å². The van der Waals surface area contributed by atoms with E-state index < -0.39 is 0 Å². The Balaban J connectivity index is 1.54. The number of fused-ring (bicyclic) bond motifs is 3. The van der Waals surface area contributed by atoms with Crippen LogP contribution < -0.4 is 20.2 Å². The number of hydrogen-bond donors (Lipinski definition) is 0. The summed E-state index contributed by atoms with van der Waals surface area (Å²) >= 11 is 0. The lowest BCUT2D eigenvalue weighted by atomic mass is 9.83. The van der Waals surface area contributed by atoms with Crippen molar-refractivity contribution >= 4 is 74.3 Å². The van der Waals surface area contributed by atoms with Crippen LogP contribution in [-0.4, -0.2) is 0 Å². The highest BCUT2D eigenvalue weighted by Crippen LogP contribution is 2.48. The first kappa shape index (κ1) is 34.2. The van der Waals surface area contributed by atoms with Gasteiger partial charge in [0.05, 0.1) is 11.4 Å². The fourth-order valence-electron chi connectivity index (χ4n) is 8.13. The molecule has 2 nitrogen and oxygen atoms in total. The minimum atomic E-state index is 0.948. The molecule has 0 heterocycles. The highest BCUT2D eigenvalue weighted by atomic mass is 15.2. The van der Waals surface area contributed by atoms with Gasteiger partial charge in [-0.15, -0.1) is 0 Å². The van der Waals surface area contributed by atoms with Gasteiger partial charge in [-0.3, -0.25) is 0 Å². The molecule has 7 aromatic rings. The van der Waals surface area contributed by atoms with Crippen molar-refractivity contribution in [2.75, 3.05) is 9.80 Å². The lowest BCUT2D eigenvalue weighted by Gasteiger charge is -2.32. The summed E-state index contributed by atoms with van der Waals surface area (Å²) in [6, 6.07) is 49.4. The second-order valence-electron chi connectivity index (χ2n) is 13.3. The number of hydrogen-bond acceptors (Lipinski definition) is 2. The summed E-state index contributed by atoms with van der Waals surface area (Å²) in [4.78, 5) is 4.69. The van der Waals surface area contributed by atoms with Crippen LogP contribution in [0.1, 0.15) is 24.0 Å². The summed E-state index contributed by atoms with van der Waals surface area (Å²) in [5.74, 6) is 0. The Morgan fingerprint density at radius 3 is 1.44 bits per heavy atom. The molecule has 0 saturated carbocycles. The molecule has 0 saturated heterocycles. The van der Waals surface area contributed by atoms with Crippen LogP contribution in [0, 0.1) is 0 Å². The molecule has 0 aromatic heterocycles. The van der Waals surface area contributed by atoms with E-state index >= 15 is 0 Å². The third kappa shape index (κ3) is 5.79. The van der Waals surface area contributed by atoms with Crippen LogP contribution in [0.5, 0.6) is 0 Å². The summed E-state index contributed by atoms with van der Waals surface area (Å²) in [5.41, 5.74) is 10.8. The van der Waals surface area contributed by atoms with E-state index in [2.05, 4.69) is 188 Å². The summed E-state index contributed by atoms with van der Waals surface area (Å²) in [6.07, 6.45) is 16.6. The molecule has 0 bridgehead atoms. The molecule has 0 fully saturated rings. The van der Waals surface area contributed by atoms with Crippen LogP contribution in [0.3, 0.4) is 0 Å². The van der Waals surface area contributed by atoms with Crippen molar-refractivity contribution in [1.29, 1.82) is 0 Å². The molecule has 2 heteroatoms. The molecule has 8 rings (SSSR count). The third-order valence-corrected chi connectivity index (χ3v) is 10.3. The highest BCUT2D eigenvalue weighted by molar-refractivity contribution is 6.17. The molecule has 0 amide bonds. The Kier molecular flexibility index (Phi) is 9.49.